The van der Waals surface area contributed by atoms with Gasteiger partial charge in [0, 0.05) is 22.4 Å². The molecule has 35 heavy (non-hydrogen) atoms. The number of amides is 2. The molecule has 0 bridgehead atoms. The van der Waals surface area contributed by atoms with E-state index in [1.807, 2.05) is 60.8 Å². The zero-order valence-electron chi connectivity index (χ0n) is 19.9. The third kappa shape index (κ3) is 5.33. The number of carbonyl (C=O) groups is 2. The SMILES string of the molecule is Cc1ccc(C(=O)N/C(=C\c2cccs2)C(=O)N[C@@H]2CC3(CCCCC3)Oc3ccccc32)cc1. The Hall–Kier alpha value is -3.38. The van der Waals surface area contributed by atoms with Crippen molar-refractivity contribution in [1.29, 1.82) is 0 Å². The van der Waals surface area contributed by atoms with Gasteiger partial charge in [-0.3, -0.25) is 9.59 Å². The summed E-state index contributed by atoms with van der Waals surface area (Å²) in [6.07, 6.45) is 7.97. The number of nitrogens with one attached hydrogen (secondary N) is 2. The maximum absolute atomic E-state index is 13.6. The quantitative estimate of drug-likeness (QED) is 0.424. The van der Waals surface area contributed by atoms with Crippen LogP contribution in [0.2, 0.25) is 0 Å². The maximum atomic E-state index is 13.6. The van der Waals surface area contributed by atoms with E-state index < -0.39 is 0 Å². The number of hydrogen-bond acceptors (Lipinski definition) is 4. The fraction of sp³-hybridized carbons (Fsp3) is 0.310. The van der Waals surface area contributed by atoms with Gasteiger partial charge in [0.15, 0.2) is 0 Å². The summed E-state index contributed by atoms with van der Waals surface area (Å²) in [6.45, 7) is 1.97. The van der Waals surface area contributed by atoms with Crippen molar-refractivity contribution in [1.82, 2.24) is 10.6 Å². The molecule has 5 rings (SSSR count). The fourth-order valence-corrected chi connectivity index (χ4v) is 5.72. The lowest BCUT2D eigenvalue weighted by molar-refractivity contribution is -0.119. The molecule has 2 N–H and O–H groups in total. The highest BCUT2D eigenvalue weighted by Crippen LogP contribution is 2.46. The Morgan fingerprint density at radius 2 is 1.77 bits per heavy atom. The van der Waals surface area contributed by atoms with Crippen LogP contribution in [-0.4, -0.2) is 17.4 Å². The number of aryl methyl sites for hydroxylation is 1. The van der Waals surface area contributed by atoms with Gasteiger partial charge in [-0.05, 0) is 68.3 Å². The Kier molecular flexibility index (Phi) is 6.73. The van der Waals surface area contributed by atoms with Crippen LogP contribution >= 0.6 is 11.3 Å². The molecule has 0 unspecified atom stereocenters. The van der Waals surface area contributed by atoms with E-state index >= 15 is 0 Å². The van der Waals surface area contributed by atoms with Crippen molar-refractivity contribution in [2.75, 3.05) is 0 Å². The molecule has 1 atom stereocenters. The van der Waals surface area contributed by atoms with Crippen LogP contribution in [0.5, 0.6) is 5.75 Å². The highest BCUT2D eigenvalue weighted by molar-refractivity contribution is 7.10. The van der Waals surface area contributed by atoms with Gasteiger partial charge in [-0.2, -0.15) is 0 Å². The molecule has 1 aliphatic heterocycles. The van der Waals surface area contributed by atoms with E-state index in [1.165, 1.54) is 17.8 Å². The number of hydrogen-bond donors (Lipinski definition) is 2. The van der Waals surface area contributed by atoms with Crippen molar-refractivity contribution in [3.05, 3.63) is 93.3 Å². The zero-order chi connectivity index (χ0) is 24.3. The largest absolute Gasteiger partial charge is 0.487 e. The first-order valence-corrected chi connectivity index (χ1v) is 13.1. The van der Waals surface area contributed by atoms with Crippen molar-refractivity contribution in [3.8, 4) is 5.75 Å². The molecule has 0 saturated heterocycles. The Balaban J connectivity index is 1.41. The second-order valence-corrected chi connectivity index (χ2v) is 10.5. The molecule has 5 nitrogen and oxygen atoms in total. The number of carbonyl (C=O) groups excluding carboxylic acids is 2. The summed E-state index contributed by atoms with van der Waals surface area (Å²) in [5.74, 6) is 0.240. The standard InChI is InChI=1S/C29H30N2O3S/c1-20-11-13-21(14-12-20)27(32)30-24(18-22-8-7-17-35-22)28(33)31-25-19-29(15-5-2-6-16-29)34-26-10-4-3-9-23(25)26/h3-4,7-14,17-18,25H,2,5-6,15-16,19H2,1H3,(H,30,32)(H,31,33)/b24-18-/t25-/m1/s1. The van der Waals surface area contributed by atoms with Crippen LogP contribution in [0, 0.1) is 6.92 Å². The van der Waals surface area contributed by atoms with Crippen molar-refractivity contribution < 1.29 is 14.3 Å². The summed E-state index contributed by atoms with van der Waals surface area (Å²) in [6, 6.07) is 18.9. The van der Waals surface area contributed by atoms with Crippen molar-refractivity contribution in [3.63, 3.8) is 0 Å². The highest BCUT2D eigenvalue weighted by Gasteiger charge is 2.42. The Morgan fingerprint density at radius 3 is 2.51 bits per heavy atom. The average molecular weight is 487 g/mol. The third-order valence-electron chi connectivity index (χ3n) is 6.90. The normalized spacial score (nSPS) is 18.9. The molecule has 2 amide bonds. The summed E-state index contributed by atoms with van der Waals surface area (Å²) in [5, 5.41) is 8.04. The van der Waals surface area contributed by atoms with E-state index in [9.17, 15) is 9.59 Å². The molecule has 1 spiro atoms. The minimum atomic E-state index is -0.306. The molecular weight excluding hydrogens is 456 g/mol. The molecule has 3 aromatic rings. The molecular formula is C29H30N2O3S. The van der Waals surface area contributed by atoms with Crippen LogP contribution < -0.4 is 15.4 Å². The minimum absolute atomic E-state index is 0.187. The van der Waals surface area contributed by atoms with Crippen molar-refractivity contribution in [2.24, 2.45) is 0 Å². The van der Waals surface area contributed by atoms with Gasteiger partial charge >= 0.3 is 0 Å². The molecule has 1 aromatic heterocycles. The predicted molar refractivity (Wildman–Crippen MR) is 139 cm³/mol. The second-order valence-electron chi connectivity index (χ2n) is 9.51. The third-order valence-corrected chi connectivity index (χ3v) is 7.72. The first-order chi connectivity index (χ1) is 17.0. The number of fused-ring (bicyclic) bond motifs is 1. The molecule has 1 saturated carbocycles. The van der Waals surface area contributed by atoms with E-state index in [-0.39, 0.29) is 29.2 Å². The summed E-state index contributed by atoms with van der Waals surface area (Å²) in [4.78, 5) is 27.5. The summed E-state index contributed by atoms with van der Waals surface area (Å²) < 4.78 is 6.52. The van der Waals surface area contributed by atoms with Crippen LogP contribution in [0.25, 0.3) is 6.08 Å². The lowest BCUT2D eigenvalue weighted by atomic mass is 9.77. The number of para-hydroxylation sites is 1. The van der Waals surface area contributed by atoms with Crippen LogP contribution in [0.4, 0.5) is 0 Å². The maximum Gasteiger partial charge on any atom is 0.268 e. The van der Waals surface area contributed by atoms with Gasteiger partial charge in [0.25, 0.3) is 11.8 Å². The summed E-state index contributed by atoms with van der Waals surface area (Å²) >= 11 is 1.52. The van der Waals surface area contributed by atoms with Crippen LogP contribution in [0.1, 0.15) is 70.9 Å². The second kappa shape index (κ2) is 10.1. The molecule has 0 radical (unpaired) electrons. The van der Waals surface area contributed by atoms with E-state index in [0.717, 1.165) is 53.9 Å². The van der Waals surface area contributed by atoms with Crippen molar-refractivity contribution >= 4 is 29.2 Å². The van der Waals surface area contributed by atoms with Crippen LogP contribution in [0.15, 0.2) is 71.7 Å². The number of rotatable bonds is 5. The van der Waals surface area contributed by atoms with Crippen LogP contribution in [-0.2, 0) is 4.79 Å². The zero-order valence-corrected chi connectivity index (χ0v) is 20.7. The molecule has 180 valence electrons. The fourth-order valence-electron chi connectivity index (χ4n) is 5.06. The van der Waals surface area contributed by atoms with Gasteiger partial charge in [-0.1, -0.05) is 48.4 Å². The molecule has 2 aromatic carbocycles. The van der Waals surface area contributed by atoms with Gasteiger partial charge in [0.05, 0.1) is 6.04 Å². The van der Waals surface area contributed by atoms with Crippen molar-refractivity contribution in [2.45, 2.75) is 57.1 Å². The first kappa shape index (κ1) is 23.4. The average Bonchev–Trinajstić information content (AvgIpc) is 3.37. The monoisotopic (exact) mass is 486 g/mol. The predicted octanol–water partition coefficient (Wildman–Crippen LogP) is 6.17. The summed E-state index contributed by atoms with van der Waals surface area (Å²) in [5.41, 5.74) is 2.56. The lowest BCUT2D eigenvalue weighted by Crippen LogP contribution is -2.47. The van der Waals surface area contributed by atoms with E-state index in [0.29, 0.717) is 5.56 Å². The smallest absolute Gasteiger partial charge is 0.268 e. The van der Waals surface area contributed by atoms with Crippen LogP contribution in [0.3, 0.4) is 0 Å². The van der Waals surface area contributed by atoms with E-state index in [2.05, 4.69) is 10.6 Å². The number of thiophene rings is 1. The van der Waals surface area contributed by atoms with Gasteiger partial charge in [-0.25, -0.2) is 0 Å². The van der Waals surface area contributed by atoms with E-state index in [4.69, 9.17) is 4.74 Å². The Labute approximate surface area is 210 Å². The first-order valence-electron chi connectivity index (χ1n) is 12.2. The van der Waals surface area contributed by atoms with Gasteiger partial charge in [-0.15, -0.1) is 11.3 Å². The Morgan fingerprint density at radius 1 is 1.00 bits per heavy atom. The topological polar surface area (TPSA) is 67.4 Å². The molecule has 6 heteroatoms. The summed E-state index contributed by atoms with van der Waals surface area (Å²) in [7, 11) is 0. The number of ether oxygens (including phenoxy) is 1. The van der Waals surface area contributed by atoms with Gasteiger partial charge < -0.3 is 15.4 Å². The van der Waals surface area contributed by atoms with Gasteiger partial charge in [0.2, 0.25) is 0 Å². The Bertz CT molecular complexity index is 1230. The van der Waals surface area contributed by atoms with E-state index in [1.54, 1.807) is 18.2 Å². The number of benzene rings is 2. The molecule has 2 aliphatic rings. The lowest BCUT2D eigenvalue weighted by Gasteiger charge is -2.44. The molecule has 1 aliphatic carbocycles. The highest BCUT2D eigenvalue weighted by atomic mass is 32.1. The van der Waals surface area contributed by atoms with Gasteiger partial charge in [0.1, 0.15) is 17.0 Å². The molecule has 2 heterocycles. The minimum Gasteiger partial charge on any atom is -0.487 e. The molecule has 1 fully saturated rings.